The molecule has 0 amide bonds. The third kappa shape index (κ3) is 4.72. The molecule has 1 aromatic rings. The van der Waals surface area contributed by atoms with E-state index in [1.54, 1.807) is 13.0 Å². The Morgan fingerprint density at radius 2 is 2.00 bits per heavy atom. The van der Waals surface area contributed by atoms with Crippen molar-refractivity contribution in [1.82, 2.24) is 0 Å². The van der Waals surface area contributed by atoms with Crippen LogP contribution >= 0.6 is 0 Å². The average Bonchev–Trinajstić information content (AvgIpc) is 2.35. The van der Waals surface area contributed by atoms with E-state index >= 15 is 0 Å². The van der Waals surface area contributed by atoms with Gasteiger partial charge in [-0.25, -0.2) is 4.79 Å². The lowest BCUT2D eigenvalue weighted by Crippen LogP contribution is -2.02. The standard InChI is InChI=1S/C14H19NO2/c1-3-12-6-8-13(9-7-12)15-10-4-5-11(2)14(16)17/h5-9,15H,3-4,10H2,1-2H3,(H,16,17). The molecular weight excluding hydrogens is 214 g/mol. The molecule has 1 aromatic carbocycles. The fraction of sp³-hybridized carbons (Fsp3) is 0.357. The van der Waals surface area contributed by atoms with Crippen LogP contribution in [0.3, 0.4) is 0 Å². The smallest absolute Gasteiger partial charge is 0.330 e. The van der Waals surface area contributed by atoms with Crippen LogP contribution in [0.5, 0.6) is 0 Å². The molecule has 0 fully saturated rings. The molecule has 0 saturated heterocycles. The van der Waals surface area contributed by atoms with E-state index in [2.05, 4.69) is 24.4 Å². The van der Waals surface area contributed by atoms with Gasteiger partial charge in [-0.3, -0.25) is 0 Å². The molecule has 0 aliphatic rings. The summed E-state index contributed by atoms with van der Waals surface area (Å²) < 4.78 is 0. The van der Waals surface area contributed by atoms with Crippen molar-refractivity contribution in [3.05, 3.63) is 41.5 Å². The normalized spacial score (nSPS) is 11.3. The zero-order valence-electron chi connectivity index (χ0n) is 10.4. The number of anilines is 1. The van der Waals surface area contributed by atoms with Crippen LogP contribution in [-0.4, -0.2) is 17.6 Å². The molecule has 17 heavy (non-hydrogen) atoms. The van der Waals surface area contributed by atoms with Crippen molar-refractivity contribution in [3.63, 3.8) is 0 Å². The Hall–Kier alpha value is -1.77. The van der Waals surface area contributed by atoms with Crippen LogP contribution < -0.4 is 5.32 Å². The minimum Gasteiger partial charge on any atom is -0.478 e. The second-order valence-corrected chi connectivity index (χ2v) is 3.96. The van der Waals surface area contributed by atoms with Crippen LogP contribution in [0.25, 0.3) is 0 Å². The van der Waals surface area contributed by atoms with E-state index in [-0.39, 0.29) is 0 Å². The lowest BCUT2D eigenvalue weighted by Gasteiger charge is -2.05. The van der Waals surface area contributed by atoms with E-state index in [1.807, 2.05) is 12.1 Å². The van der Waals surface area contributed by atoms with Gasteiger partial charge >= 0.3 is 5.97 Å². The molecule has 1 rings (SSSR count). The fourth-order valence-corrected chi connectivity index (χ4v) is 1.45. The summed E-state index contributed by atoms with van der Waals surface area (Å²) in [5.41, 5.74) is 2.79. The Balaban J connectivity index is 2.36. The van der Waals surface area contributed by atoms with Gasteiger partial charge in [-0.05, 0) is 37.5 Å². The summed E-state index contributed by atoms with van der Waals surface area (Å²) in [7, 11) is 0. The van der Waals surface area contributed by atoms with E-state index in [4.69, 9.17) is 5.11 Å². The van der Waals surface area contributed by atoms with E-state index in [9.17, 15) is 4.79 Å². The average molecular weight is 233 g/mol. The van der Waals surface area contributed by atoms with Gasteiger partial charge in [0, 0.05) is 17.8 Å². The van der Waals surface area contributed by atoms with Gasteiger partial charge in [0.1, 0.15) is 0 Å². The van der Waals surface area contributed by atoms with Gasteiger partial charge in [-0.15, -0.1) is 0 Å². The van der Waals surface area contributed by atoms with E-state index in [0.29, 0.717) is 12.0 Å². The molecule has 0 heterocycles. The van der Waals surface area contributed by atoms with Crippen LogP contribution in [-0.2, 0) is 11.2 Å². The Labute approximate surface area is 102 Å². The van der Waals surface area contributed by atoms with Gasteiger partial charge in [0.2, 0.25) is 0 Å². The molecule has 0 unspecified atom stereocenters. The molecule has 92 valence electrons. The highest BCUT2D eigenvalue weighted by molar-refractivity contribution is 5.85. The molecule has 0 spiro atoms. The monoisotopic (exact) mass is 233 g/mol. The van der Waals surface area contributed by atoms with Gasteiger partial charge in [0.25, 0.3) is 0 Å². The molecule has 0 radical (unpaired) electrons. The van der Waals surface area contributed by atoms with Gasteiger partial charge < -0.3 is 10.4 Å². The van der Waals surface area contributed by atoms with Gasteiger partial charge in [0.05, 0.1) is 0 Å². The minimum absolute atomic E-state index is 0.396. The second kappa shape index (κ2) is 6.74. The molecule has 0 aliphatic carbocycles. The maximum atomic E-state index is 10.5. The van der Waals surface area contributed by atoms with Gasteiger partial charge in [0.15, 0.2) is 0 Å². The van der Waals surface area contributed by atoms with Crippen LogP contribution in [0.15, 0.2) is 35.9 Å². The van der Waals surface area contributed by atoms with E-state index in [0.717, 1.165) is 18.7 Å². The predicted octanol–water partition coefficient (Wildman–Crippen LogP) is 3.08. The number of carboxylic acids is 1. The van der Waals surface area contributed by atoms with Crippen molar-refractivity contribution in [2.75, 3.05) is 11.9 Å². The highest BCUT2D eigenvalue weighted by Crippen LogP contribution is 2.09. The van der Waals surface area contributed by atoms with Crippen molar-refractivity contribution in [2.24, 2.45) is 0 Å². The third-order valence-corrected chi connectivity index (χ3v) is 2.62. The molecule has 2 N–H and O–H groups in total. The van der Waals surface area contributed by atoms with Crippen molar-refractivity contribution in [2.45, 2.75) is 26.7 Å². The summed E-state index contributed by atoms with van der Waals surface area (Å²) in [5.74, 6) is -0.850. The maximum absolute atomic E-state index is 10.5. The Kier molecular flexibility index (Phi) is 5.27. The highest BCUT2D eigenvalue weighted by Gasteiger charge is 1.97. The van der Waals surface area contributed by atoms with Crippen molar-refractivity contribution in [3.8, 4) is 0 Å². The number of nitrogens with one attached hydrogen (secondary N) is 1. The zero-order chi connectivity index (χ0) is 12.7. The van der Waals surface area contributed by atoms with Crippen molar-refractivity contribution in [1.29, 1.82) is 0 Å². The fourth-order valence-electron chi connectivity index (χ4n) is 1.45. The van der Waals surface area contributed by atoms with Gasteiger partial charge in [-0.2, -0.15) is 0 Å². The van der Waals surface area contributed by atoms with Gasteiger partial charge in [-0.1, -0.05) is 25.1 Å². The summed E-state index contributed by atoms with van der Waals surface area (Å²) >= 11 is 0. The molecular formula is C14H19NO2. The Morgan fingerprint density at radius 3 is 2.53 bits per heavy atom. The molecule has 0 bridgehead atoms. The van der Waals surface area contributed by atoms with Crippen LogP contribution in [0.1, 0.15) is 25.8 Å². The predicted molar refractivity (Wildman–Crippen MR) is 70.3 cm³/mol. The topological polar surface area (TPSA) is 49.3 Å². The SMILES string of the molecule is CCc1ccc(NCCC=C(C)C(=O)O)cc1. The number of aliphatic carboxylic acids is 1. The largest absolute Gasteiger partial charge is 0.478 e. The molecule has 0 aliphatic heterocycles. The molecule has 0 saturated carbocycles. The zero-order valence-corrected chi connectivity index (χ0v) is 10.4. The Bertz CT molecular complexity index is 393. The molecule has 0 atom stereocenters. The summed E-state index contributed by atoms with van der Waals surface area (Å²) in [4.78, 5) is 10.5. The first-order valence-corrected chi connectivity index (χ1v) is 5.86. The summed E-state index contributed by atoms with van der Waals surface area (Å²) in [6.45, 7) is 4.48. The number of rotatable bonds is 6. The third-order valence-electron chi connectivity index (χ3n) is 2.62. The van der Waals surface area contributed by atoms with Crippen molar-refractivity contribution >= 4 is 11.7 Å². The van der Waals surface area contributed by atoms with Crippen LogP contribution in [0.2, 0.25) is 0 Å². The lowest BCUT2D eigenvalue weighted by molar-refractivity contribution is -0.132. The maximum Gasteiger partial charge on any atom is 0.330 e. The van der Waals surface area contributed by atoms with Crippen LogP contribution in [0.4, 0.5) is 5.69 Å². The second-order valence-electron chi connectivity index (χ2n) is 3.96. The molecule has 0 aromatic heterocycles. The number of benzene rings is 1. The number of hydrogen-bond donors (Lipinski definition) is 2. The summed E-state index contributed by atoms with van der Waals surface area (Å²) in [6.07, 6.45) is 3.49. The lowest BCUT2D eigenvalue weighted by atomic mass is 10.1. The first-order chi connectivity index (χ1) is 8.13. The number of carbonyl (C=O) groups is 1. The first-order valence-electron chi connectivity index (χ1n) is 5.86. The number of aryl methyl sites for hydroxylation is 1. The van der Waals surface area contributed by atoms with E-state index < -0.39 is 5.97 Å². The number of carboxylic acid groups (broad SMARTS) is 1. The first kappa shape index (κ1) is 13.3. The summed E-state index contributed by atoms with van der Waals surface area (Å²) in [6, 6.07) is 8.29. The minimum atomic E-state index is -0.850. The highest BCUT2D eigenvalue weighted by atomic mass is 16.4. The van der Waals surface area contributed by atoms with Crippen LogP contribution in [0, 0.1) is 0 Å². The molecule has 3 heteroatoms. The molecule has 3 nitrogen and oxygen atoms in total. The number of hydrogen-bond acceptors (Lipinski definition) is 2. The van der Waals surface area contributed by atoms with E-state index in [1.165, 1.54) is 5.56 Å². The quantitative estimate of drug-likeness (QED) is 0.586. The van der Waals surface area contributed by atoms with Crippen molar-refractivity contribution < 1.29 is 9.90 Å². The summed E-state index contributed by atoms with van der Waals surface area (Å²) in [5, 5.41) is 11.9. The Morgan fingerprint density at radius 1 is 1.35 bits per heavy atom.